The lowest BCUT2D eigenvalue weighted by Gasteiger charge is -2.08. The summed E-state index contributed by atoms with van der Waals surface area (Å²) < 4.78 is 0.747. The fourth-order valence-corrected chi connectivity index (χ4v) is 3.21. The van der Waals surface area contributed by atoms with Gasteiger partial charge in [-0.3, -0.25) is 4.79 Å². The van der Waals surface area contributed by atoms with Crippen LogP contribution in [-0.2, 0) is 0 Å². The van der Waals surface area contributed by atoms with Crippen LogP contribution in [0.25, 0.3) is 0 Å². The zero-order valence-corrected chi connectivity index (χ0v) is 13.6. The third-order valence-corrected chi connectivity index (χ3v) is 4.45. The molecule has 0 saturated carbocycles. The number of amides is 1. The minimum absolute atomic E-state index is 0.216. The zero-order valence-electron chi connectivity index (χ0n) is 9.75. The first-order valence-electron chi connectivity index (χ1n) is 5.24. The van der Waals surface area contributed by atoms with Crippen LogP contribution in [0.4, 0.5) is 5.69 Å². The van der Waals surface area contributed by atoms with Crippen molar-refractivity contribution in [3.8, 4) is 0 Å². The lowest BCUT2D eigenvalue weighted by atomic mass is 10.2. The number of rotatable bonds is 3. The summed E-state index contributed by atoms with van der Waals surface area (Å²) in [5, 5.41) is 3.02. The van der Waals surface area contributed by atoms with E-state index < -0.39 is 5.91 Å². The summed E-state index contributed by atoms with van der Waals surface area (Å²) in [4.78, 5) is 12.3. The molecule has 1 heterocycles. The molecule has 0 aliphatic carbocycles. The number of nitrogens with two attached hydrogens (primary N) is 1. The van der Waals surface area contributed by atoms with E-state index in [2.05, 4.69) is 5.32 Å². The van der Waals surface area contributed by atoms with E-state index in [1.54, 1.807) is 18.2 Å². The Morgan fingerprint density at radius 3 is 2.50 bits per heavy atom. The van der Waals surface area contributed by atoms with Gasteiger partial charge in [0.2, 0.25) is 0 Å². The Balaban J connectivity index is 2.30. The van der Waals surface area contributed by atoms with Gasteiger partial charge in [0, 0.05) is 5.56 Å². The molecule has 0 unspecified atom stereocenters. The van der Waals surface area contributed by atoms with Crippen LogP contribution in [0.1, 0.15) is 15.9 Å². The third kappa shape index (κ3) is 3.42. The smallest absolute Gasteiger partial charge is 0.258 e. The maximum atomic E-state index is 12.1. The van der Waals surface area contributed by atoms with E-state index >= 15 is 0 Å². The van der Waals surface area contributed by atoms with Gasteiger partial charge in [0.05, 0.1) is 20.6 Å². The SMILES string of the molecule is NC(=S)c1ccc(Cl)c(NC(=O)c2cc(Cl)sc2Cl)c1. The first-order valence-corrected chi connectivity index (χ1v) is 7.60. The molecule has 2 aromatic rings. The van der Waals surface area contributed by atoms with Crippen molar-refractivity contribution in [1.82, 2.24) is 0 Å². The number of nitrogens with one attached hydrogen (secondary N) is 1. The third-order valence-electron chi connectivity index (χ3n) is 2.40. The van der Waals surface area contributed by atoms with Gasteiger partial charge in [0.1, 0.15) is 9.32 Å². The maximum Gasteiger partial charge on any atom is 0.258 e. The van der Waals surface area contributed by atoms with Gasteiger partial charge in [-0.2, -0.15) is 0 Å². The summed E-state index contributed by atoms with van der Waals surface area (Å²) in [6.07, 6.45) is 0. The fraction of sp³-hybridized carbons (Fsp3) is 0. The summed E-state index contributed by atoms with van der Waals surface area (Å²) in [6, 6.07) is 6.38. The van der Waals surface area contributed by atoms with E-state index in [0.29, 0.717) is 30.5 Å². The molecule has 0 saturated heterocycles. The first-order chi connectivity index (χ1) is 9.38. The van der Waals surface area contributed by atoms with Gasteiger partial charge in [-0.1, -0.05) is 53.1 Å². The van der Waals surface area contributed by atoms with Crippen molar-refractivity contribution in [2.75, 3.05) is 5.32 Å². The summed E-state index contributed by atoms with van der Waals surface area (Å²) >= 11 is 23.8. The topological polar surface area (TPSA) is 55.1 Å². The molecular weight excluding hydrogens is 359 g/mol. The predicted molar refractivity (Wildman–Crippen MR) is 89.6 cm³/mol. The lowest BCUT2D eigenvalue weighted by molar-refractivity contribution is 0.102. The van der Waals surface area contributed by atoms with Gasteiger partial charge < -0.3 is 11.1 Å². The number of carbonyl (C=O) groups is 1. The molecule has 1 aromatic heterocycles. The van der Waals surface area contributed by atoms with E-state index in [1.165, 1.54) is 6.07 Å². The van der Waals surface area contributed by atoms with Gasteiger partial charge in [0.15, 0.2) is 0 Å². The molecule has 0 fully saturated rings. The Hall–Kier alpha value is -0.850. The molecule has 104 valence electrons. The Morgan fingerprint density at radius 2 is 1.95 bits per heavy atom. The van der Waals surface area contributed by atoms with Crippen LogP contribution in [0.3, 0.4) is 0 Å². The molecule has 1 amide bonds. The van der Waals surface area contributed by atoms with Gasteiger partial charge in [-0.15, -0.1) is 11.3 Å². The second-order valence-corrected chi connectivity index (χ2v) is 6.88. The fourth-order valence-electron chi connectivity index (χ4n) is 1.46. The zero-order chi connectivity index (χ0) is 14.9. The molecule has 20 heavy (non-hydrogen) atoms. The van der Waals surface area contributed by atoms with Crippen molar-refractivity contribution in [2.45, 2.75) is 0 Å². The van der Waals surface area contributed by atoms with Gasteiger partial charge in [0.25, 0.3) is 5.91 Å². The van der Waals surface area contributed by atoms with E-state index in [9.17, 15) is 4.79 Å². The molecule has 2 rings (SSSR count). The molecule has 1 aromatic carbocycles. The average molecular weight is 366 g/mol. The second-order valence-electron chi connectivity index (χ2n) is 3.75. The Morgan fingerprint density at radius 1 is 1.25 bits per heavy atom. The highest BCUT2D eigenvalue weighted by Crippen LogP contribution is 2.32. The van der Waals surface area contributed by atoms with Gasteiger partial charge in [-0.25, -0.2) is 0 Å². The van der Waals surface area contributed by atoms with Crippen molar-refractivity contribution in [2.24, 2.45) is 5.73 Å². The lowest BCUT2D eigenvalue weighted by Crippen LogP contribution is -2.14. The highest BCUT2D eigenvalue weighted by Gasteiger charge is 2.16. The van der Waals surface area contributed by atoms with Gasteiger partial charge >= 0.3 is 0 Å². The van der Waals surface area contributed by atoms with E-state index in [-0.39, 0.29) is 4.99 Å². The predicted octanol–water partition coefficient (Wildman–Crippen LogP) is 4.59. The van der Waals surface area contributed by atoms with Crippen LogP contribution < -0.4 is 11.1 Å². The number of hydrogen-bond acceptors (Lipinski definition) is 3. The molecule has 0 aliphatic rings. The van der Waals surface area contributed by atoms with E-state index in [1.807, 2.05) is 0 Å². The van der Waals surface area contributed by atoms with E-state index in [4.69, 9.17) is 52.8 Å². The number of thiophene rings is 1. The van der Waals surface area contributed by atoms with Crippen LogP contribution in [0.15, 0.2) is 24.3 Å². The summed E-state index contributed by atoms with van der Waals surface area (Å²) in [5.74, 6) is -0.403. The molecule has 3 N–H and O–H groups in total. The monoisotopic (exact) mass is 364 g/mol. The minimum Gasteiger partial charge on any atom is -0.389 e. The first kappa shape index (κ1) is 15.5. The van der Waals surface area contributed by atoms with Crippen LogP contribution in [0.2, 0.25) is 13.7 Å². The molecule has 0 spiro atoms. The average Bonchev–Trinajstić information content (AvgIpc) is 2.71. The molecule has 8 heteroatoms. The molecule has 0 aliphatic heterocycles. The number of carbonyl (C=O) groups excluding carboxylic acids is 1. The molecule has 0 atom stereocenters. The number of anilines is 1. The molecule has 0 bridgehead atoms. The van der Waals surface area contributed by atoms with Gasteiger partial charge in [-0.05, 0) is 18.2 Å². The van der Waals surface area contributed by atoms with Crippen LogP contribution in [0.5, 0.6) is 0 Å². The largest absolute Gasteiger partial charge is 0.389 e. The van der Waals surface area contributed by atoms with Crippen LogP contribution in [0, 0.1) is 0 Å². The number of halogens is 3. The maximum absolute atomic E-state index is 12.1. The number of hydrogen-bond donors (Lipinski definition) is 2. The number of thiocarbonyl (C=S) groups is 1. The second kappa shape index (κ2) is 6.28. The normalized spacial score (nSPS) is 10.3. The van der Waals surface area contributed by atoms with Crippen LogP contribution >= 0.6 is 58.4 Å². The Bertz CT molecular complexity index is 700. The summed E-state index contributed by atoms with van der Waals surface area (Å²) in [6.45, 7) is 0. The minimum atomic E-state index is -0.403. The standard InChI is InChI=1S/C12H7Cl3N2OS2/c13-7-2-1-5(11(16)19)3-8(7)17-12(18)6-4-9(14)20-10(6)15/h1-4H,(H2,16,19)(H,17,18). The van der Waals surface area contributed by atoms with Crippen molar-refractivity contribution in [1.29, 1.82) is 0 Å². The highest BCUT2D eigenvalue weighted by molar-refractivity contribution is 7.80. The van der Waals surface area contributed by atoms with Crippen molar-refractivity contribution < 1.29 is 4.79 Å². The molecular formula is C12H7Cl3N2OS2. The quantitative estimate of drug-likeness (QED) is 0.782. The number of benzene rings is 1. The highest BCUT2D eigenvalue weighted by atomic mass is 35.5. The summed E-state index contributed by atoms with van der Waals surface area (Å²) in [5.41, 5.74) is 6.84. The molecule has 3 nitrogen and oxygen atoms in total. The van der Waals surface area contributed by atoms with Crippen molar-refractivity contribution in [3.05, 3.63) is 49.1 Å². The van der Waals surface area contributed by atoms with Crippen LogP contribution in [-0.4, -0.2) is 10.9 Å². The Labute approximate surface area is 139 Å². The summed E-state index contributed by atoms with van der Waals surface area (Å²) in [7, 11) is 0. The van der Waals surface area contributed by atoms with E-state index in [0.717, 1.165) is 11.3 Å². The van der Waals surface area contributed by atoms with Crippen molar-refractivity contribution in [3.63, 3.8) is 0 Å². The van der Waals surface area contributed by atoms with Crippen molar-refractivity contribution >= 4 is 74.9 Å². The Kier molecular flexibility index (Phi) is 4.88. The molecule has 0 radical (unpaired) electrons.